The maximum absolute atomic E-state index is 13.4. The molecule has 0 bridgehead atoms. The van der Waals surface area contributed by atoms with Crippen molar-refractivity contribution in [3.8, 4) is 11.5 Å². The normalized spacial score (nSPS) is 14.3. The Hall–Kier alpha value is -2.33. The highest BCUT2D eigenvalue weighted by Gasteiger charge is 2.23. The molecule has 1 saturated heterocycles. The minimum Gasteiger partial charge on any atom is -0.495 e. The molecule has 2 heterocycles. The molecule has 182 valence electrons. The van der Waals surface area contributed by atoms with Gasteiger partial charge in [-0.15, -0.1) is 11.8 Å². The minimum atomic E-state index is 0.0856. The zero-order valence-corrected chi connectivity index (χ0v) is 21.3. The predicted octanol–water partition coefficient (Wildman–Crippen LogP) is 4.55. The predicted molar refractivity (Wildman–Crippen MR) is 139 cm³/mol. The lowest BCUT2D eigenvalue weighted by Gasteiger charge is -2.27. The van der Waals surface area contributed by atoms with Crippen LogP contribution in [0.1, 0.15) is 12.8 Å². The quantitative estimate of drug-likeness (QED) is 0.357. The maximum Gasteiger partial charge on any atom is 0.229 e. The van der Waals surface area contributed by atoms with E-state index in [1.165, 1.54) is 16.2 Å². The van der Waals surface area contributed by atoms with Crippen molar-refractivity contribution in [2.75, 3.05) is 64.3 Å². The van der Waals surface area contributed by atoms with E-state index in [2.05, 4.69) is 17.0 Å². The average molecular weight is 502 g/mol. The van der Waals surface area contributed by atoms with E-state index >= 15 is 0 Å². The lowest BCUT2D eigenvalue weighted by Crippen LogP contribution is -2.39. The summed E-state index contributed by atoms with van der Waals surface area (Å²) in [4.78, 5) is 23.6. The number of amides is 1. The van der Waals surface area contributed by atoms with Crippen molar-refractivity contribution in [3.63, 3.8) is 0 Å². The van der Waals surface area contributed by atoms with E-state index in [0.717, 1.165) is 61.0 Å². The van der Waals surface area contributed by atoms with Crippen LogP contribution in [0.15, 0.2) is 47.4 Å². The van der Waals surface area contributed by atoms with Gasteiger partial charge in [0.25, 0.3) is 0 Å². The Morgan fingerprint density at radius 1 is 1.12 bits per heavy atom. The molecule has 34 heavy (non-hydrogen) atoms. The summed E-state index contributed by atoms with van der Waals surface area (Å²) in [5.74, 6) is 2.22. The molecule has 2 aromatic carbocycles. The third kappa shape index (κ3) is 6.21. The van der Waals surface area contributed by atoms with E-state index in [0.29, 0.717) is 23.8 Å². The second-order valence-electron chi connectivity index (χ2n) is 7.91. The van der Waals surface area contributed by atoms with E-state index in [4.69, 9.17) is 19.2 Å². The first-order chi connectivity index (χ1) is 16.7. The van der Waals surface area contributed by atoms with E-state index < -0.39 is 0 Å². The van der Waals surface area contributed by atoms with Gasteiger partial charge in [0.05, 0.1) is 27.4 Å². The number of morpholine rings is 1. The van der Waals surface area contributed by atoms with Gasteiger partial charge in [-0.25, -0.2) is 4.98 Å². The van der Waals surface area contributed by atoms with Crippen molar-refractivity contribution in [3.05, 3.63) is 42.5 Å². The van der Waals surface area contributed by atoms with Crippen LogP contribution in [0.4, 0.5) is 5.13 Å². The summed E-state index contributed by atoms with van der Waals surface area (Å²) >= 11 is 3.18. The van der Waals surface area contributed by atoms with E-state index in [9.17, 15) is 4.79 Å². The molecule has 0 N–H and O–H groups in total. The van der Waals surface area contributed by atoms with Crippen molar-refractivity contribution >= 4 is 44.4 Å². The number of hydrogen-bond donors (Lipinski definition) is 0. The number of rotatable bonds is 11. The Bertz CT molecular complexity index is 1030. The summed E-state index contributed by atoms with van der Waals surface area (Å²) in [6.07, 6.45) is 1.32. The molecule has 0 aliphatic carbocycles. The number of fused-ring (bicyclic) bond motifs is 1. The Balaban J connectivity index is 1.50. The number of benzene rings is 2. The van der Waals surface area contributed by atoms with Gasteiger partial charge in [0, 0.05) is 43.2 Å². The first kappa shape index (κ1) is 24.8. The zero-order valence-electron chi connectivity index (χ0n) is 19.7. The Morgan fingerprint density at radius 3 is 2.59 bits per heavy atom. The SMILES string of the molecule is COc1ccc(OC)c2sc(N(CCCN3CCOCC3)C(=O)CCSc3ccccc3)nc12. The van der Waals surface area contributed by atoms with Crippen molar-refractivity contribution in [1.29, 1.82) is 0 Å². The molecule has 4 rings (SSSR count). The van der Waals surface area contributed by atoms with Crippen LogP contribution in [0.3, 0.4) is 0 Å². The summed E-state index contributed by atoms with van der Waals surface area (Å²) in [6.45, 7) is 4.99. The average Bonchev–Trinajstić information content (AvgIpc) is 3.32. The van der Waals surface area contributed by atoms with Crippen molar-refractivity contribution in [1.82, 2.24) is 9.88 Å². The second-order valence-corrected chi connectivity index (χ2v) is 10.1. The molecular weight excluding hydrogens is 470 g/mol. The monoisotopic (exact) mass is 501 g/mol. The number of thiazole rings is 1. The molecule has 9 heteroatoms. The van der Waals surface area contributed by atoms with Crippen molar-refractivity contribution in [2.24, 2.45) is 0 Å². The van der Waals surface area contributed by atoms with Gasteiger partial charge in [-0.1, -0.05) is 29.5 Å². The van der Waals surface area contributed by atoms with E-state index in [1.54, 1.807) is 26.0 Å². The number of anilines is 1. The van der Waals surface area contributed by atoms with Gasteiger partial charge >= 0.3 is 0 Å². The van der Waals surface area contributed by atoms with Gasteiger partial charge in [0.1, 0.15) is 21.7 Å². The molecule has 0 unspecified atom stereocenters. The van der Waals surface area contributed by atoms with Crippen LogP contribution >= 0.6 is 23.1 Å². The third-order valence-corrected chi connectivity index (χ3v) is 7.83. The van der Waals surface area contributed by atoms with Crippen LogP contribution in [0, 0.1) is 0 Å². The molecule has 1 aromatic heterocycles. The van der Waals surface area contributed by atoms with Gasteiger partial charge in [-0.2, -0.15) is 0 Å². The van der Waals surface area contributed by atoms with Crippen molar-refractivity contribution < 1.29 is 19.0 Å². The largest absolute Gasteiger partial charge is 0.495 e. The standard InChI is InChI=1S/C25H31N3O4S2/c1-30-20-9-10-21(31-2)24-23(20)26-25(34-24)28(13-6-12-27-14-16-32-17-15-27)22(29)11-18-33-19-7-4-3-5-8-19/h3-5,7-10H,6,11-18H2,1-2H3. The lowest BCUT2D eigenvalue weighted by molar-refractivity contribution is -0.118. The summed E-state index contributed by atoms with van der Waals surface area (Å²) in [5, 5.41) is 0.689. The summed E-state index contributed by atoms with van der Waals surface area (Å²) in [6, 6.07) is 13.9. The number of nitrogens with zero attached hydrogens (tertiary/aromatic N) is 3. The van der Waals surface area contributed by atoms with Crippen LogP contribution in [0.25, 0.3) is 10.2 Å². The van der Waals surface area contributed by atoms with Gasteiger partial charge in [0.2, 0.25) is 5.91 Å². The molecule has 0 radical (unpaired) electrons. The third-order valence-electron chi connectivity index (χ3n) is 5.72. The fraction of sp³-hybridized carbons (Fsp3) is 0.440. The highest BCUT2D eigenvalue weighted by molar-refractivity contribution is 7.99. The Labute approximate surface area is 209 Å². The van der Waals surface area contributed by atoms with Gasteiger partial charge in [-0.3, -0.25) is 14.6 Å². The maximum atomic E-state index is 13.4. The Morgan fingerprint density at radius 2 is 1.85 bits per heavy atom. The highest BCUT2D eigenvalue weighted by atomic mass is 32.2. The number of methoxy groups -OCH3 is 2. The Kier molecular flexibility index (Phi) is 9.04. The number of ether oxygens (including phenoxy) is 3. The molecule has 1 amide bonds. The fourth-order valence-electron chi connectivity index (χ4n) is 3.90. The van der Waals surface area contributed by atoms with Gasteiger partial charge < -0.3 is 14.2 Å². The van der Waals surface area contributed by atoms with Crippen LogP contribution in [0.2, 0.25) is 0 Å². The second kappa shape index (κ2) is 12.4. The van der Waals surface area contributed by atoms with Crippen LogP contribution < -0.4 is 14.4 Å². The van der Waals surface area contributed by atoms with Crippen LogP contribution in [-0.4, -0.2) is 75.2 Å². The van der Waals surface area contributed by atoms with Crippen LogP contribution in [0.5, 0.6) is 11.5 Å². The minimum absolute atomic E-state index is 0.0856. The van der Waals surface area contributed by atoms with Crippen LogP contribution in [-0.2, 0) is 9.53 Å². The zero-order chi connectivity index (χ0) is 23.8. The molecule has 0 saturated carbocycles. The molecule has 3 aromatic rings. The van der Waals surface area contributed by atoms with Gasteiger partial charge in [-0.05, 0) is 30.7 Å². The first-order valence-corrected chi connectivity index (χ1v) is 13.3. The summed E-state index contributed by atoms with van der Waals surface area (Å²) in [5.41, 5.74) is 0.728. The first-order valence-electron chi connectivity index (χ1n) is 11.5. The van der Waals surface area contributed by atoms with Gasteiger partial charge in [0.15, 0.2) is 5.13 Å². The number of carbonyl (C=O) groups is 1. The fourth-order valence-corrected chi connectivity index (χ4v) is 5.88. The lowest BCUT2D eigenvalue weighted by atomic mass is 10.3. The number of hydrogen-bond acceptors (Lipinski definition) is 8. The molecule has 0 spiro atoms. The molecule has 1 fully saturated rings. The van der Waals surface area contributed by atoms with E-state index in [1.807, 2.05) is 35.2 Å². The van der Waals surface area contributed by atoms with E-state index in [-0.39, 0.29) is 5.91 Å². The molecule has 1 aliphatic rings. The summed E-state index contributed by atoms with van der Waals surface area (Å²) < 4.78 is 17.4. The topological polar surface area (TPSA) is 64.1 Å². The molecule has 1 aliphatic heterocycles. The molecular formula is C25H31N3O4S2. The summed E-state index contributed by atoms with van der Waals surface area (Å²) in [7, 11) is 3.28. The number of thioether (sulfide) groups is 1. The highest BCUT2D eigenvalue weighted by Crippen LogP contribution is 2.40. The number of aromatic nitrogens is 1. The molecule has 7 nitrogen and oxygen atoms in total. The van der Waals surface area contributed by atoms with Crippen molar-refractivity contribution in [2.45, 2.75) is 17.7 Å². The molecule has 0 atom stereocenters. The smallest absolute Gasteiger partial charge is 0.229 e. The number of carbonyl (C=O) groups excluding carboxylic acids is 1.